The molecule has 0 radical (unpaired) electrons. The first-order valence-corrected chi connectivity index (χ1v) is 12.1. The fourth-order valence-corrected chi connectivity index (χ4v) is 6.46. The summed E-state index contributed by atoms with van der Waals surface area (Å²) in [4.78, 5) is 3.70. The molecule has 3 heteroatoms. The predicted octanol–water partition coefficient (Wildman–Crippen LogP) is 8.42. The van der Waals surface area contributed by atoms with Gasteiger partial charge in [0.1, 0.15) is 0 Å². The second kappa shape index (κ2) is 6.02. The Labute approximate surface area is 199 Å². The van der Waals surface area contributed by atoms with E-state index in [9.17, 15) is 0 Å². The van der Waals surface area contributed by atoms with Crippen molar-refractivity contribution in [1.29, 1.82) is 0 Å². The van der Waals surface area contributed by atoms with Crippen molar-refractivity contribution in [3.05, 3.63) is 109 Å². The first-order valence-electron chi connectivity index (χ1n) is 12.1. The van der Waals surface area contributed by atoms with Crippen LogP contribution in [-0.2, 0) is 0 Å². The minimum atomic E-state index is 1.18. The van der Waals surface area contributed by atoms with E-state index in [0.29, 0.717) is 0 Å². The van der Waals surface area contributed by atoms with Crippen molar-refractivity contribution in [2.24, 2.45) is 0 Å². The lowest BCUT2D eigenvalue weighted by Crippen LogP contribution is -1.92. The number of rotatable bonds is 1. The lowest BCUT2D eigenvalue weighted by molar-refractivity contribution is 1.19. The third-order valence-corrected chi connectivity index (χ3v) is 7.76. The Morgan fingerprint density at radius 2 is 1.14 bits per heavy atom. The topological polar surface area (TPSA) is 25.1 Å². The summed E-state index contributed by atoms with van der Waals surface area (Å²) in [5.41, 5.74) is 9.83. The molecule has 0 aliphatic rings. The van der Waals surface area contributed by atoms with Gasteiger partial charge in [0.25, 0.3) is 0 Å². The molecule has 0 fully saturated rings. The van der Waals surface area contributed by atoms with Gasteiger partial charge in [0, 0.05) is 43.7 Å². The van der Waals surface area contributed by atoms with Crippen LogP contribution in [0, 0.1) is 0 Å². The zero-order valence-corrected chi connectivity index (χ0v) is 18.8. The molecule has 162 valence electrons. The Balaban J connectivity index is 1.73. The SMILES string of the molecule is c1ccc(-n2c3ccccc3c3c2c2ccc4[nH]c5cccc6c7ccccc7n3c2c4c56)cc1. The number of nitrogens with one attached hydrogen (secondary N) is 1. The van der Waals surface area contributed by atoms with E-state index in [1.807, 2.05) is 0 Å². The minimum Gasteiger partial charge on any atom is -0.354 e. The smallest absolute Gasteiger partial charge is 0.0804 e. The van der Waals surface area contributed by atoms with E-state index < -0.39 is 0 Å². The fourth-order valence-electron chi connectivity index (χ4n) is 6.46. The largest absolute Gasteiger partial charge is 0.354 e. The summed E-state index contributed by atoms with van der Waals surface area (Å²) >= 11 is 0. The van der Waals surface area contributed by atoms with E-state index in [4.69, 9.17) is 0 Å². The standard InChI is InChI=1S/C32H19N3/c1-2-9-19(10-3-1)34-27-16-7-5-12-22(27)31-32(34)23-17-18-25-29-28-21(13-8-14-24(28)33-25)20-11-4-6-15-26(20)35(31)30(23)29/h1-18,33H. The van der Waals surface area contributed by atoms with E-state index in [1.54, 1.807) is 0 Å². The van der Waals surface area contributed by atoms with E-state index in [0.717, 1.165) is 0 Å². The van der Waals surface area contributed by atoms with Gasteiger partial charge in [0.2, 0.25) is 0 Å². The fraction of sp³-hybridized carbons (Fsp3) is 0. The van der Waals surface area contributed by atoms with Crippen molar-refractivity contribution in [3.8, 4) is 5.69 Å². The number of hydrogen-bond donors (Lipinski definition) is 1. The Morgan fingerprint density at radius 3 is 2.03 bits per heavy atom. The molecule has 0 aliphatic heterocycles. The molecular weight excluding hydrogens is 426 g/mol. The third-order valence-electron chi connectivity index (χ3n) is 7.76. The summed E-state index contributed by atoms with van der Waals surface area (Å²) < 4.78 is 4.96. The number of fused-ring (bicyclic) bond motifs is 8. The summed E-state index contributed by atoms with van der Waals surface area (Å²) in [7, 11) is 0. The summed E-state index contributed by atoms with van der Waals surface area (Å²) in [6, 6.07) is 39.6. The molecule has 5 aromatic carbocycles. The molecule has 9 rings (SSSR count). The van der Waals surface area contributed by atoms with Crippen LogP contribution < -0.4 is 0 Å². The van der Waals surface area contributed by atoms with Crippen LogP contribution in [0.4, 0.5) is 0 Å². The van der Waals surface area contributed by atoms with E-state index in [2.05, 4.69) is 123 Å². The summed E-state index contributed by atoms with van der Waals surface area (Å²) in [5.74, 6) is 0. The van der Waals surface area contributed by atoms with Crippen LogP contribution in [0.3, 0.4) is 0 Å². The highest BCUT2D eigenvalue weighted by Gasteiger charge is 2.24. The number of hydrogen-bond acceptors (Lipinski definition) is 0. The maximum Gasteiger partial charge on any atom is 0.0804 e. The molecular formula is C32H19N3. The van der Waals surface area contributed by atoms with Gasteiger partial charge in [-0.05, 0) is 47.9 Å². The lowest BCUT2D eigenvalue weighted by Gasteiger charge is -2.07. The highest BCUT2D eigenvalue weighted by atomic mass is 15.0. The Morgan fingerprint density at radius 1 is 0.429 bits per heavy atom. The second-order valence-corrected chi connectivity index (χ2v) is 9.48. The van der Waals surface area contributed by atoms with Gasteiger partial charge in [-0.3, -0.25) is 0 Å². The van der Waals surface area contributed by atoms with Crippen molar-refractivity contribution < 1.29 is 0 Å². The molecule has 0 saturated carbocycles. The van der Waals surface area contributed by atoms with Gasteiger partial charge in [-0.1, -0.05) is 66.7 Å². The zero-order valence-electron chi connectivity index (χ0n) is 18.8. The van der Waals surface area contributed by atoms with E-state index in [-0.39, 0.29) is 0 Å². The molecule has 0 saturated heterocycles. The molecule has 4 aromatic heterocycles. The molecule has 0 aliphatic carbocycles. The normalized spacial score (nSPS) is 12.6. The highest BCUT2D eigenvalue weighted by Crippen LogP contribution is 2.45. The van der Waals surface area contributed by atoms with Crippen LogP contribution in [0.25, 0.3) is 76.6 Å². The van der Waals surface area contributed by atoms with Crippen molar-refractivity contribution >= 4 is 70.9 Å². The third kappa shape index (κ3) is 2.00. The van der Waals surface area contributed by atoms with Crippen LogP contribution in [0.15, 0.2) is 109 Å². The molecule has 0 amide bonds. The second-order valence-electron chi connectivity index (χ2n) is 9.48. The van der Waals surface area contributed by atoms with Gasteiger partial charge in [-0.25, -0.2) is 0 Å². The van der Waals surface area contributed by atoms with Crippen LogP contribution in [-0.4, -0.2) is 14.0 Å². The molecule has 0 atom stereocenters. The molecule has 0 bridgehead atoms. The van der Waals surface area contributed by atoms with Crippen LogP contribution >= 0.6 is 0 Å². The van der Waals surface area contributed by atoms with Crippen molar-refractivity contribution in [3.63, 3.8) is 0 Å². The van der Waals surface area contributed by atoms with Crippen LogP contribution in [0.2, 0.25) is 0 Å². The van der Waals surface area contributed by atoms with Gasteiger partial charge in [0.05, 0.1) is 27.6 Å². The van der Waals surface area contributed by atoms with Crippen molar-refractivity contribution in [2.45, 2.75) is 0 Å². The molecule has 4 heterocycles. The zero-order chi connectivity index (χ0) is 22.7. The average Bonchev–Trinajstić information content (AvgIpc) is 3.53. The quantitative estimate of drug-likeness (QED) is 0.262. The minimum absolute atomic E-state index is 1.18. The first kappa shape index (κ1) is 17.7. The first-order chi connectivity index (χ1) is 17.4. The number of para-hydroxylation sites is 3. The van der Waals surface area contributed by atoms with E-state index >= 15 is 0 Å². The molecule has 3 nitrogen and oxygen atoms in total. The Hall–Kier alpha value is -4.76. The molecule has 9 aromatic rings. The summed E-state index contributed by atoms with van der Waals surface area (Å²) in [6.07, 6.45) is 0. The molecule has 0 unspecified atom stereocenters. The Bertz CT molecular complexity index is 2260. The predicted molar refractivity (Wildman–Crippen MR) is 147 cm³/mol. The molecule has 35 heavy (non-hydrogen) atoms. The number of benzene rings is 5. The van der Waals surface area contributed by atoms with Crippen LogP contribution in [0.1, 0.15) is 0 Å². The van der Waals surface area contributed by atoms with Gasteiger partial charge in [0.15, 0.2) is 0 Å². The number of aromatic amines is 1. The monoisotopic (exact) mass is 445 g/mol. The van der Waals surface area contributed by atoms with Crippen LogP contribution in [0.5, 0.6) is 0 Å². The average molecular weight is 446 g/mol. The van der Waals surface area contributed by atoms with Gasteiger partial charge < -0.3 is 14.0 Å². The van der Waals surface area contributed by atoms with Gasteiger partial charge in [-0.2, -0.15) is 0 Å². The summed E-state index contributed by atoms with van der Waals surface area (Å²) in [6.45, 7) is 0. The highest BCUT2D eigenvalue weighted by molar-refractivity contribution is 6.34. The lowest BCUT2D eigenvalue weighted by atomic mass is 10.0. The maximum atomic E-state index is 3.70. The van der Waals surface area contributed by atoms with Crippen molar-refractivity contribution in [1.82, 2.24) is 14.0 Å². The summed E-state index contributed by atoms with van der Waals surface area (Å²) in [5, 5.41) is 7.73. The number of aromatic nitrogens is 3. The number of nitrogens with zero attached hydrogens (tertiary/aromatic N) is 2. The maximum absolute atomic E-state index is 3.70. The van der Waals surface area contributed by atoms with Gasteiger partial charge >= 0.3 is 0 Å². The van der Waals surface area contributed by atoms with E-state index in [1.165, 1.54) is 76.6 Å². The molecule has 0 spiro atoms. The Kier molecular flexibility index (Phi) is 3.04. The van der Waals surface area contributed by atoms with Gasteiger partial charge in [-0.15, -0.1) is 0 Å². The number of H-pyrrole nitrogens is 1. The van der Waals surface area contributed by atoms with Crippen molar-refractivity contribution in [2.75, 3.05) is 0 Å². The molecule has 1 N–H and O–H groups in total.